The van der Waals surface area contributed by atoms with Gasteiger partial charge in [0.25, 0.3) is 0 Å². The third-order valence-corrected chi connectivity index (χ3v) is 4.29. The van der Waals surface area contributed by atoms with Crippen LogP contribution in [0.2, 0.25) is 0 Å². The first kappa shape index (κ1) is 24.1. The minimum Gasteiger partial charge on any atom is -0.493 e. The van der Waals surface area contributed by atoms with E-state index in [0.717, 1.165) is 12.8 Å². The zero-order chi connectivity index (χ0) is 19.6. The van der Waals surface area contributed by atoms with E-state index in [4.69, 9.17) is 19.9 Å². The highest BCUT2D eigenvalue weighted by Crippen LogP contribution is 2.26. The smallest absolute Gasteiger partial charge is 0.409 e. The summed E-state index contributed by atoms with van der Waals surface area (Å²) in [4.78, 5) is 17.8. The average molecular weight is 506 g/mol. The SMILES string of the molecule is CCOC(=O)N1CCC(NC(N)=NCC(C)Oc2ccccc2OC)CC1.I. The second kappa shape index (κ2) is 12.5. The van der Waals surface area contributed by atoms with Crippen molar-refractivity contribution < 1.29 is 19.0 Å². The van der Waals surface area contributed by atoms with Gasteiger partial charge < -0.3 is 30.2 Å². The molecule has 1 atom stereocenters. The molecule has 1 fully saturated rings. The first-order valence-corrected chi connectivity index (χ1v) is 9.31. The molecule has 1 heterocycles. The van der Waals surface area contributed by atoms with Crippen molar-refractivity contribution in [3.05, 3.63) is 24.3 Å². The maximum Gasteiger partial charge on any atom is 0.409 e. The zero-order valence-electron chi connectivity index (χ0n) is 16.7. The number of para-hydroxylation sites is 2. The van der Waals surface area contributed by atoms with Gasteiger partial charge in [0.2, 0.25) is 0 Å². The zero-order valence-corrected chi connectivity index (χ0v) is 19.1. The van der Waals surface area contributed by atoms with Crippen LogP contribution in [0.25, 0.3) is 0 Å². The number of guanidine groups is 1. The maximum atomic E-state index is 11.7. The van der Waals surface area contributed by atoms with Gasteiger partial charge in [0, 0.05) is 19.1 Å². The molecule has 158 valence electrons. The Hall–Kier alpha value is -1.91. The molecule has 2 rings (SSSR count). The molecule has 28 heavy (non-hydrogen) atoms. The quantitative estimate of drug-likeness (QED) is 0.335. The molecule has 3 N–H and O–H groups in total. The summed E-state index contributed by atoms with van der Waals surface area (Å²) in [7, 11) is 1.61. The van der Waals surface area contributed by atoms with Crippen LogP contribution in [0.3, 0.4) is 0 Å². The minimum absolute atomic E-state index is 0. The van der Waals surface area contributed by atoms with Crippen LogP contribution in [-0.2, 0) is 4.74 Å². The Bertz CT molecular complexity index is 636. The van der Waals surface area contributed by atoms with Crippen molar-refractivity contribution in [2.75, 3.05) is 33.4 Å². The van der Waals surface area contributed by atoms with Gasteiger partial charge >= 0.3 is 6.09 Å². The second-order valence-electron chi connectivity index (χ2n) is 6.41. The maximum absolute atomic E-state index is 11.7. The Morgan fingerprint density at radius 1 is 1.32 bits per heavy atom. The number of nitrogens with two attached hydrogens (primary N) is 1. The number of rotatable bonds is 7. The number of methoxy groups -OCH3 is 1. The number of hydrogen-bond acceptors (Lipinski definition) is 5. The first-order chi connectivity index (χ1) is 13.0. The van der Waals surface area contributed by atoms with E-state index in [2.05, 4.69) is 10.3 Å². The highest BCUT2D eigenvalue weighted by Gasteiger charge is 2.23. The standard InChI is InChI=1S/C19H30N4O4.HI/c1-4-26-19(24)23-11-9-15(10-12-23)22-18(20)21-13-14(2)27-17-8-6-5-7-16(17)25-3;/h5-8,14-15H,4,9-13H2,1-3H3,(H3,20,21,22);1H. The molecule has 9 heteroatoms. The van der Waals surface area contributed by atoms with Crippen molar-refractivity contribution in [3.63, 3.8) is 0 Å². The van der Waals surface area contributed by atoms with Crippen LogP contribution in [0.1, 0.15) is 26.7 Å². The second-order valence-corrected chi connectivity index (χ2v) is 6.41. The Kier molecular flexibility index (Phi) is 10.8. The van der Waals surface area contributed by atoms with Crippen LogP contribution in [0, 0.1) is 0 Å². The third kappa shape index (κ3) is 7.61. The van der Waals surface area contributed by atoms with Crippen molar-refractivity contribution >= 4 is 36.0 Å². The van der Waals surface area contributed by atoms with Crippen molar-refractivity contribution in [2.24, 2.45) is 10.7 Å². The summed E-state index contributed by atoms with van der Waals surface area (Å²) in [6.45, 7) is 5.86. The number of hydrogen-bond donors (Lipinski definition) is 2. The summed E-state index contributed by atoms with van der Waals surface area (Å²) in [5, 5.41) is 3.22. The topological polar surface area (TPSA) is 98.4 Å². The summed E-state index contributed by atoms with van der Waals surface area (Å²) >= 11 is 0. The van der Waals surface area contributed by atoms with E-state index in [1.807, 2.05) is 38.1 Å². The molecule has 1 aromatic carbocycles. The van der Waals surface area contributed by atoms with E-state index < -0.39 is 0 Å². The molecule has 1 amide bonds. The van der Waals surface area contributed by atoms with E-state index in [1.165, 1.54) is 0 Å². The Labute approximate surface area is 183 Å². The molecule has 8 nitrogen and oxygen atoms in total. The van der Waals surface area contributed by atoms with Crippen molar-refractivity contribution in [3.8, 4) is 11.5 Å². The lowest BCUT2D eigenvalue weighted by atomic mass is 10.1. The summed E-state index contributed by atoms with van der Waals surface area (Å²) < 4.78 is 16.2. The predicted octanol–water partition coefficient (Wildman–Crippen LogP) is 2.61. The summed E-state index contributed by atoms with van der Waals surface area (Å²) in [5.74, 6) is 1.76. The summed E-state index contributed by atoms with van der Waals surface area (Å²) in [6, 6.07) is 7.70. The number of nitrogens with zero attached hydrogens (tertiary/aromatic N) is 2. The molecule has 1 aliphatic rings. The van der Waals surface area contributed by atoms with Gasteiger partial charge in [-0.1, -0.05) is 12.1 Å². The lowest BCUT2D eigenvalue weighted by Gasteiger charge is -2.31. The monoisotopic (exact) mass is 506 g/mol. The molecule has 0 saturated carbocycles. The van der Waals surface area contributed by atoms with Gasteiger partial charge in [-0.15, -0.1) is 24.0 Å². The molecule has 1 saturated heterocycles. The van der Waals surface area contributed by atoms with Crippen molar-refractivity contribution in [1.29, 1.82) is 0 Å². The highest BCUT2D eigenvalue weighted by molar-refractivity contribution is 14.0. The number of aliphatic imine (C=N–C) groups is 1. The fourth-order valence-electron chi connectivity index (χ4n) is 2.87. The molecule has 1 unspecified atom stereocenters. The lowest BCUT2D eigenvalue weighted by molar-refractivity contribution is 0.0963. The number of likely N-dealkylation sites (tertiary alicyclic amines) is 1. The van der Waals surface area contributed by atoms with Gasteiger partial charge in [-0.25, -0.2) is 9.79 Å². The molecule has 0 aromatic heterocycles. The number of piperidine rings is 1. The van der Waals surface area contributed by atoms with Crippen LogP contribution in [0.15, 0.2) is 29.3 Å². The predicted molar refractivity (Wildman–Crippen MR) is 120 cm³/mol. The Morgan fingerprint density at radius 2 is 1.96 bits per heavy atom. The molecule has 0 spiro atoms. The van der Waals surface area contributed by atoms with Gasteiger partial charge in [0.1, 0.15) is 6.10 Å². The highest BCUT2D eigenvalue weighted by atomic mass is 127. The first-order valence-electron chi connectivity index (χ1n) is 9.31. The summed E-state index contributed by atoms with van der Waals surface area (Å²) in [6.07, 6.45) is 1.22. The lowest BCUT2D eigenvalue weighted by Crippen LogP contribution is -2.48. The number of amides is 1. The molecular formula is C19H31IN4O4. The number of nitrogens with one attached hydrogen (secondary N) is 1. The van der Waals surface area contributed by atoms with E-state index >= 15 is 0 Å². The molecule has 1 aromatic rings. The van der Waals surface area contributed by atoms with Gasteiger partial charge in [-0.05, 0) is 38.8 Å². The van der Waals surface area contributed by atoms with Crippen molar-refractivity contribution in [2.45, 2.75) is 38.8 Å². The van der Waals surface area contributed by atoms with Crippen LogP contribution in [0.5, 0.6) is 11.5 Å². The fraction of sp³-hybridized carbons (Fsp3) is 0.579. The van der Waals surface area contributed by atoms with Crippen LogP contribution in [-0.4, -0.2) is 62.4 Å². The average Bonchev–Trinajstić information content (AvgIpc) is 2.67. The normalized spacial score (nSPS) is 16.0. The molecular weight excluding hydrogens is 475 g/mol. The Morgan fingerprint density at radius 3 is 2.57 bits per heavy atom. The minimum atomic E-state index is -0.250. The molecule has 0 radical (unpaired) electrons. The number of carbonyl (C=O) groups excluding carboxylic acids is 1. The van der Waals surface area contributed by atoms with Crippen molar-refractivity contribution in [1.82, 2.24) is 10.2 Å². The number of benzene rings is 1. The van der Waals surface area contributed by atoms with E-state index in [1.54, 1.807) is 12.0 Å². The fourth-order valence-corrected chi connectivity index (χ4v) is 2.87. The van der Waals surface area contributed by atoms with E-state index in [-0.39, 0.29) is 42.2 Å². The van der Waals surface area contributed by atoms with Crippen LogP contribution >= 0.6 is 24.0 Å². The largest absolute Gasteiger partial charge is 0.493 e. The van der Waals surface area contributed by atoms with E-state index in [0.29, 0.717) is 43.7 Å². The molecule has 0 bridgehead atoms. The Balaban J connectivity index is 0.00000392. The number of halogens is 1. The van der Waals surface area contributed by atoms with E-state index in [9.17, 15) is 4.79 Å². The van der Waals surface area contributed by atoms with Crippen LogP contribution < -0.4 is 20.5 Å². The summed E-state index contributed by atoms with van der Waals surface area (Å²) in [5.41, 5.74) is 6.00. The third-order valence-electron chi connectivity index (χ3n) is 4.29. The van der Waals surface area contributed by atoms with Gasteiger partial charge in [0.15, 0.2) is 17.5 Å². The van der Waals surface area contributed by atoms with Gasteiger partial charge in [-0.2, -0.15) is 0 Å². The number of ether oxygens (including phenoxy) is 3. The molecule has 0 aliphatic carbocycles. The van der Waals surface area contributed by atoms with Gasteiger partial charge in [-0.3, -0.25) is 0 Å². The van der Waals surface area contributed by atoms with Crippen LogP contribution in [0.4, 0.5) is 4.79 Å². The number of carbonyl (C=O) groups is 1. The van der Waals surface area contributed by atoms with Gasteiger partial charge in [0.05, 0.1) is 20.3 Å². The molecule has 1 aliphatic heterocycles.